The van der Waals surface area contributed by atoms with Crippen LogP contribution in [0.2, 0.25) is 0 Å². The van der Waals surface area contributed by atoms with Gasteiger partial charge in [-0.1, -0.05) is 55.3 Å². The van der Waals surface area contributed by atoms with Crippen molar-refractivity contribution >= 4 is 66.3 Å². The van der Waals surface area contributed by atoms with Crippen LogP contribution in [0.5, 0.6) is 0 Å². The van der Waals surface area contributed by atoms with Gasteiger partial charge in [0.1, 0.15) is 12.6 Å². The van der Waals surface area contributed by atoms with Gasteiger partial charge >= 0.3 is 7.82 Å². The van der Waals surface area contributed by atoms with E-state index >= 15 is 0 Å². The Morgan fingerprint density at radius 1 is 0.605 bits per heavy atom. The molecule has 2 atom stereocenters. The number of nitrogens with zero attached hydrogens (tertiary/aromatic N) is 2. The smallest absolute Gasteiger partial charge is 0.396 e. The zero-order valence-corrected chi connectivity index (χ0v) is 47.4. The number of para-hydroxylation sites is 1. The number of benzene rings is 2. The number of rotatable bonds is 44. The summed E-state index contributed by atoms with van der Waals surface area (Å²) in [7, 11) is -4.24. The highest BCUT2D eigenvalue weighted by atomic mass is 31.2. The van der Waals surface area contributed by atoms with Crippen molar-refractivity contribution in [3.8, 4) is 0 Å². The van der Waals surface area contributed by atoms with E-state index in [0.717, 1.165) is 0 Å². The molecular weight excluding hydrogens is 1080 g/mol. The van der Waals surface area contributed by atoms with Gasteiger partial charge in [-0.05, 0) is 30.9 Å². The van der Waals surface area contributed by atoms with Gasteiger partial charge in [-0.25, -0.2) is 20.9 Å². The molecule has 29 heteroatoms. The number of ether oxygens (including phenoxy) is 6. The molecule has 0 spiro atoms. The first-order valence-electron chi connectivity index (χ1n) is 26.9. The van der Waals surface area contributed by atoms with E-state index in [2.05, 4.69) is 36.5 Å². The highest BCUT2D eigenvalue weighted by Gasteiger charge is 2.30. The number of nitrogens with two attached hydrogens (primary N) is 3. The Labute approximate surface area is 473 Å². The fourth-order valence-electron chi connectivity index (χ4n) is 7.77. The van der Waals surface area contributed by atoms with Crippen molar-refractivity contribution in [1.82, 2.24) is 36.9 Å². The summed E-state index contributed by atoms with van der Waals surface area (Å²) in [6, 6.07) is 12.9. The van der Waals surface area contributed by atoms with Crippen LogP contribution in [0.15, 0.2) is 48.5 Å². The Morgan fingerprint density at radius 2 is 1.10 bits per heavy atom. The average molecular weight is 1170 g/mol. The van der Waals surface area contributed by atoms with Crippen LogP contribution in [0, 0.1) is 0 Å². The fourth-order valence-corrected chi connectivity index (χ4v) is 8.19. The number of amides is 7. The van der Waals surface area contributed by atoms with Gasteiger partial charge in [0.25, 0.3) is 0 Å². The maximum absolute atomic E-state index is 14.0. The second-order valence-electron chi connectivity index (χ2n) is 18.2. The second-order valence-corrected chi connectivity index (χ2v) is 19.6. The first kappa shape index (κ1) is 69.1. The van der Waals surface area contributed by atoms with Crippen LogP contribution in [0.1, 0.15) is 81.9 Å². The minimum atomic E-state index is -4.24. The molecule has 2 aromatic rings. The molecule has 0 aliphatic carbocycles. The number of anilines is 1. The summed E-state index contributed by atoms with van der Waals surface area (Å²) in [6.45, 7) is 7.38. The molecule has 0 saturated heterocycles. The van der Waals surface area contributed by atoms with Gasteiger partial charge in [-0.3, -0.25) is 43.1 Å². The highest BCUT2D eigenvalue weighted by molar-refractivity contribution is 7.47. The maximum Gasteiger partial charge on any atom is 0.488 e. The first-order chi connectivity index (χ1) is 39.0. The minimum Gasteiger partial charge on any atom is -0.396 e. The molecule has 1 heterocycles. The van der Waals surface area contributed by atoms with Crippen molar-refractivity contribution in [2.75, 3.05) is 130 Å². The minimum absolute atomic E-state index is 0.0111. The Morgan fingerprint density at radius 3 is 1.68 bits per heavy atom. The third-order valence-corrected chi connectivity index (χ3v) is 12.5. The Kier molecular flexibility index (Phi) is 34.9. The maximum atomic E-state index is 14.0. The van der Waals surface area contributed by atoms with E-state index in [9.17, 15) is 43.0 Å². The average Bonchev–Trinajstić information content (AvgIpc) is 3.44. The van der Waals surface area contributed by atoms with Crippen molar-refractivity contribution in [3.05, 3.63) is 65.2 Å². The van der Waals surface area contributed by atoms with Crippen molar-refractivity contribution in [3.63, 3.8) is 0 Å². The molecule has 0 fully saturated rings. The summed E-state index contributed by atoms with van der Waals surface area (Å²) in [5.74, 6) is 8.93. The fraction of sp³-hybridized carbons (Fsp3) is 0.596. The third kappa shape index (κ3) is 29.9. The zero-order valence-electron chi connectivity index (χ0n) is 46.5. The number of hydrogen-bond donors (Lipinski definition) is 10. The number of nitrogens with one attached hydrogen (secondary N) is 6. The molecule has 13 N–H and O–H groups in total. The molecule has 28 nitrogen and oxygen atoms in total. The van der Waals surface area contributed by atoms with Gasteiger partial charge in [-0.15, -0.1) is 0 Å². The topological polar surface area (TPSA) is 387 Å². The molecule has 0 aromatic heterocycles. The summed E-state index contributed by atoms with van der Waals surface area (Å²) in [5, 5.41) is 17.5. The standard InChI is InChI=1S/C52H84N11O17P/c1-39(64)56-20-25-73-29-33-77-35-31-75-27-22-59-46(66)16-15-44(52(70)60-23-28-76-32-36-78-34-30-74-26-21-57-40(2)65)61-48(68)38-63(54)51-42-12-6-5-11-41(42)37-62(45-14-8-7-13-43(45)50(51)53)49(69)18-17-47(67)58-19-9-3-4-10-24-79-81(71,72)80-55/h5-8,11-14,44H,3-4,9-10,15-38,53-55H2,1-2H3,(H,56,64)(H,57,65)(H,58,67)(H,59,66)(H,60,70)(H,61,68)(H,71,72)/b51-50-. The summed E-state index contributed by atoms with van der Waals surface area (Å²) in [6.07, 6.45) is 2.10. The van der Waals surface area contributed by atoms with Crippen molar-refractivity contribution in [2.45, 2.75) is 77.8 Å². The molecule has 81 heavy (non-hydrogen) atoms. The Bertz CT molecular complexity index is 2330. The lowest BCUT2D eigenvalue weighted by Crippen LogP contribution is -2.51. The number of fused-ring (bicyclic) bond motifs is 2. The van der Waals surface area contributed by atoms with E-state index in [1.165, 1.54) is 18.9 Å². The normalized spacial score (nSPS) is 14.0. The molecule has 0 radical (unpaired) electrons. The highest BCUT2D eigenvalue weighted by Crippen LogP contribution is 2.41. The summed E-state index contributed by atoms with van der Waals surface area (Å²) < 4.78 is 52.7. The molecule has 2 aromatic carbocycles. The molecule has 2 unspecified atom stereocenters. The predicted molar refractivity (Wildman–Crippen MR) is 297 cm³/mol. The van der Waals surface area contributed by atoms with Gasteiger partial charge in [-0.2, -0.15) is 0 Å². The lowest BCUT2D eigenvalue weighted by Gasteiger charge is -2.33. The van der Waals surface area contributed by atoms with Crippen molar-refractivity contribution < 1.29 is 80.6 Å². The van der Waals surface area contributed by atoms with Gasteiger partial charge in [0.2, 0.25) is 41.4 Å². The van der Waals surface area contributed by atoms with Crippen molar-refractivity contribution in [2.24, 2.45) is 17.5 Å². The van der Waals surface area contributed by atoms with E-state index in [4.69, 9.17) is 50.4 Å². The number of phosphoric acid groups is 1. The Balaban J connectivity index is 1.61. The molecule has 0 bridgehead atoms. The number of hydrazine groups is 1. The van der Waals surface area contributed by atoms with Crippen LogP contribution in [-0.2, 0) is 82.2 Å². The van der Waals surface area contributed by atoms with Gasteiger partial charge in [0.15, 0.2) is 0 Å². The molecule has 7 amide bonds. The van der Waals surface area contributed by atoms with Crippen LogP contribution in [0.4, 0.5) is 5.69 Å². The molecule has 0 saturated carbocycles. The van der Waals surface area contributed by atoms with Crippen LogP contribution >= 0.6 is 7.82 Å². The number of carbonyl (C=O) groups excluding carboxylic acids is 7. The second kappa shape index (κ2) is 40.9. The van der Waals surface area contributed by atoms with Gasteiger partial charge < -0.3 is 75.8 Å². The third-order valence-electron chi connectivity index (χ3n) is 11.7. The zero-order chi connectivity index (χ0) is 59.1. The number of unbranched alkanes of at least 4 members (excludes halogenated alkanes) is 3. The van der Waals surface area contributed by atoms with E-state index in [0.29, 0.717) is 114 Å². The first-order valence-corrected chi connectivity index (χ1v) is 28.4. The number of phosphoric ester groups is 1. The lowest BCUT2D eigenvalue weighted by molar-refractivity contribution is -0.130. The summed E-state index contributed by atoms with van der Waals surface area (Å²) in [4.78, 5) is 100. The van der Waals surface area contributed by atoms with Crippen LogP contribution < -0.4 is 54.3 Å². The largest absolute Gasteiger partial charge is 0.488 e. The SMILES string of the molecule is CC(=O)NCCOCCOCCOCCNC(=O)CCC(NC(=O)CN(N)/C1=C(\N)c2ccccc2N(C(=O)CCC(=O)NCCCCCCOP(=O)(O)ON)Cc2ccccc21)C(=O)NCCOCCOCCOCCNC(C)=O. The molecule has 3 rings (SSSR count). The summed E-state index contributed by atoms with van der Waals surface area (Å²) >= 11 is 0. The van der Waals surface area contributed by atoms with E-state index < -0.39 is 32.2 Å². The van der Waals surface area contributed by atoms with Crippen LogP contribution in [0.3, 0.4) is 0 Å². The predicted octanol–water partition coefficient (Wildman–Crippen LogP) is -0.173. The van der Waals surface area contributed by atoms with Crippen molar-refractivity contribution in [1.29, 1.82) is 0 Å². The lowest BCUT2D eigenvalue weighted by atomic mass is 9.95. The molecule has 1 aliphatic heterocycles. The quantitative estimate of drug-likeness (QED) is 0.0178. The number of hydrogen-bond acceptors (Lipinski definition) is 20. The summed E-state index contributed by atoms with van der Waals surface area (Å²) in [5.41, 5.74) is 9.45. The molecular formula is C52H84N11O17P. The van der Waals surface area contributed by atoms with Gasteiger partial charge in [0.05, 0.1) is 110 Å². The van der Waals surface area contributed by atoms with E-state index in [-0.39, 0.29) is 126 Å². The molecule has 1 aliphatic rings. The monoisotopic (exact) mass is 1170 g/mol. The Hall–Kier alpha value is -6.14. The molecule has 454 valence electrons. The van der Waals surface area contributed by atoms with Crippen LogP contribution in [0.25, 0.3) is 11.4 Å². The van der Waals surface area contributed by atoms with Gasteiger partial charge in [0, 0.05) is 77.0 Å². The van der Waals surface area contributed by atoms with E-state index in [1.807, 2.05) is 0 Å². The number of carbonyl (C=O) groups is 7. The van der Waals surface area contributed by atoms with Crippen LogP contribution in [-0.4, -0.2) is 182 Å². The van der Waals surface area contributed by atoms with E-state index in [1.54, 1.807) is 53.4 Å².